The molecule has 1 aromatic heterocycles. The van der Waals surface area contributed by atoms with E-state index in [4.69, 9.17) is 5.26 Å². The van der Waals surface area contributed by atoms with E-state index in [1.807, 2.05) is 26.8 Å². The molecule has 1 atom stereocenters. The summed E-state index contributed by atoms with van der Waals surface area (Å²) in [5.41, 5.74) is 1.86. The molecule has 1 aromatic rings. The molecular formula is C18H24N4O2. The van der Waals surface area contributed by atoms with Crippen LogP contribution in [0.5, 0.6) is 0 Å². The highest BCUT2D eigenvalue weighted by atomic mass is 16.3. The summed E-state index contributed by atoms with van der Waals surface area (Å²) in [6.45, 7) is 5.91. The van der Waals surface area contributed by atoms with E-state index >= 15 is 0 Å². The van der Waals surface area contributed by atoms with E-state index in [1.54, 1.807) is 17.7 Å². The van der Waals surface area contributed by atoms with E-state index in [1.165, 1.54) is 6.08 Å². The third-order valence-electron chi connectivity index (χ3n) is 4.42. The normalized spacial score (nSPS) is 12.6. The predicted octanol–water partition coefficient (Wildman–Crippen LogP) is 2.03. The van der Waals surface area contributed by atoms with Gasteiger partial charge >= 0.3 is 0 Å². The molecule has 0 aliphatic heterocycles. The number of hydrogen-bond donors (Lipinski definition) is 2. The lowest BCUT2D eigenvalue weighted by Gasteiger charge is -2.20. The molecule has 1 unspecified atom stereocenters. The van der Waals surface area contributed by atoms with Crippen LogP contribution in [0.4, 0.5) is 0 Å². The van der Waals surface area contributed by atoms with Crippen LogP contribution < -0.4 is 5.32 Å². The zero-order valence-corrected chi connectivity index (χ0v) is 14.6. The summed E-state index contributed by atoms with van der Waals surface area (Å²) in [5, 5.41) is 30.9. The minimum Gasteiger partial charge on any atom is -0.391 e. The molecule has 6 nitrogen and oxygen atoms in total. The molecule has 0 spiro atoms. The second kappa shape index (κ2) is 8.90. The first-order valence-electron chi connectivity index (χ1n) is 8.03. The number of hydrogen-bond acceptors (Lipinski definition) is 4. The van der Waals surface area contributed by atoms with Gasteiger partial charge in [0.15, 0.2) is 0 Å². The predicted molar refractivity (Wildman–Crippen MR) is 91.5 cm³/mol. The van der Waals surface area contributed by atoms with Crippen molar-refractivity contribution >= 4 is 12.0 Å². The van der Waals surface area contributed by atoms with Gasteiger partial charge in [-0.1, -0.05) is 26.7 Å². The third-order valence-corrected chi connectivity index (χ3v) is 4.42. The Hall–Kier alpha value is -2.57. The summed E-state index contributed by atoms with van der Waals surface area (Å²) in [7, 11) is 1.75. The Bertz CT molecular complexity index is 700. The molecule has 6 heteroatoms. The molecule has 0 aliphatic carbocycles. The van der Waals surface area contributed by atoms with Gasteiger partial charge in [0, 0.05) is 19.3 Å². The average Bonchev–Trinajstić information content (AvgIpc) is 2.86. The average molecular weight is 328 g/mol. The molecule has 0 aromatic carbocycles. The van der Waals surface area contributed by atoms with Gasteiger partial charge in [-0.15, -0.1) is 0 Å². The number of carbonyl (C=O) groups excluding carboxylic acids is 1. The van der Waals surface area contributed by atoms with Crippen molar-refractivity contribution in [3.8, 4) is 12.1 Å². The zero-order chi connectivity index (χ0) is 18.3. The van der Waals surface area contributed by atoms with Crippen LogP contribution in [-0.2, 0) is 11.8 Å². The Morgan fingerprint density at radius 1 is 1.42 bits per heavy atom. The molecule has 0 aliphatic rings. The van der Waals surface area contributed by atoms with Gasteiger partial charge in [0.2, 0.25) is 0 Å². The minimum absolute atomic E-state index is 0.0510. The Labute approximate surface area is 143 Å². The Balaban J connectivity index is 2.89. The summed E-state index contributed by atoms with van der Waals surface area (Å²) in [4.78, 5) is 12.2. The molecule has 1 heterocycles. The Morgan fingerprint density at radius 3 is 2.50 bits per heavy atom. The lowest BCUT2D eigenvalue weighted by molar-refractivity contribution is -0.117. The van der Waals surface area contributed by atoms with Gasteiger partial charge in [-0.05, 0) is 30.5 Å². The minimum atomic E-state index is -0.632. The molecule has 1 rings (SSSR count). The molecule has 0 fully saturated rings. The van der Waals surface area contributed by atoms with Crippen LogP contribution in [0.1, 0.15) is 43.6 Å². The molecule has 0 bridgehead atoms. The molecular weight excluding hydrogens is 304 g/mol. The quantitative estimate of drug-likeness (QED) is 0.590. The summed E-state index contributed by atoms with van der Waals surface area (Å²) in [6.07, 6.45) is 2.49. The SMILES string of the molecule is CCC(CC)C(O)CNC(=O)/C(C#N)=C/c1cc(C#N)n(C)c1C. The van der Waals surface area contributed by atoms with Gasteiger partial charge in [0.25, 0.3) is 5.91 Å². The Morgan fingerprint density at radius 2 is 2.04 bits per heavy atom. The summed E-state index contributed by atoms with van der Waals surface area (Å²) in [6, 6.07) is 5.58. The maximum atomic E-state index is 12.2. The summed E-state index contributed by atoms with van der Waals surface area (Å²) < 4.78 is 1.70. The molecule has 1 amide bonds. The largest absolute Gasteiger partial charge is 0.391 e. The van der Waals surface area contributed by atoms with Crippen molar-refractivity contribution in [3.63, 3.8) is 0 Å². The van der Waals surface area contributed by atoms with Crippen molar-refractivity contribution in [2.75, 3.05) is 6.54 Å². The van der Waals surface area contributed by atoms with Crippen LogP contribution >= 0.6 is 0 Å². The Kier molecular flexibility index (Phi) is 7.23. The summed E-state index contributed by atoms with van der Waals surface area (Å²) in [5.74, 6) is -0.404. The van der Waals surface area contributed by atoms with Crippen LogP contribution in [0.2, 0.25) is 0 Å². The second-order valence-electron chi connectivity index (χ2n) is 5.76. The first kappa shape index (κ1) is 19.5. The van der Waals surface area contributed by atoms with Crippen molar-refractivity contribution in [1.82, 2.24) is 9.88 Å². The maximum Gasteiger partial charge on any atom is 0.262 e. The topological polar surface area (TPSA) is 102 Å². The van der Waals surface area contributed by atoms with E-state index in [0.717, 1.165) is 18.5 Å². The van der Waals surface area contributed by atoms with Gasteiger partial charge < -0.3 is 15.0 Å². The fourth-order valence-corrected chi connectivity index (χ4v) is 2.57. The number of aliphatic hydroxyl groups is 1. The smallest absolute Gasteiger partial charge is 0.262 e. The molecule has 0 radical (unpaired) electrons. The first-order valence-corrected chi connectivity index (χ1v) is 8.03. The number of aromatic nitrogens is 1. The van der Waals surface area contributed by atoms with Crippen molar-refractivity contribution in [2.45, 2.75) is 39.7 Å². The van der Waals surface area contributed by atoms with Gasteiger partial charge in [-0.25, -0.2) is 0 Å². The number of rotatable bonds is 7. The van der Waals surface area contributed by atoms with E-state index in [0.29, 0.717) is 11.3 Å². The highest BCUT2D eigenvalue weighted by Crippen LogP contribution is 2.17. The number of nitrogens with one attached hydrogen (secondary N) is 1. The summed E-state index contributed by atoms with van der Waals surface area (Å²) >= 11 is 0. The maximum absolute atomic E-state index is 12.2. The van der Waals surface area contributed by atoms with Gasteiger partial charge in [-0.2, -0.15) is 10.5 Å². The van der Waals surface area contributed by atoms with Crippen LogP contribution in [-0.4, -0.2) is 28.2 Å². The molecule has 0 saturated heterocycles. The van der Waals surface area contributed by atoms with Crippen LogP contribution in [0.3, 0.4) is 0 Å². The fourth-order valence-electron chi connectivity index (χ4n) is 2.57. The van der Waals surface area contributed by atoms with Crippen molar-refractivity contribution in [2.24, 2.45) is 13.0 Å². The first-order chi connectivity index (χ1) is 11.4. The second-order valence-corrected chi connectivity index (χ2v) is 5.76. The highest BCUT2D eigenvalue weighted by Gasteiger charge is 2.18. The molecule has 0 saturated carbocycles. The highest BCUT2D eigenvalue weighted by molar-refractivity contribution is 6.01. The van der Waals surface area contributed by atoms with Crippen molar-refractivity contribution in [3.05, 3.63) is 28.6 Å². The molecule has 24 heavy (non-hydrogen) atoms. The van der Waals surface area contributed by atoms with E-state index < -0.39 is 12.0 Å². The van der Waals surface area contributed by atoms with E-state index in [2.05, 4.69) is 11.4 Å². The lowest BCUT2D eigenvalue weighted by atomic mass is 9.96. The number of amides is 1. The van der Waals surface area contributed by atoms with Crippen molar-refractivity contribution < 1.29 is 9.90 Å². The van der Waals surface area contributed by atoms with Crippen LogP contribution in [0.25, 0.3) is 6.08 Å². The molecule has 128 valence electrons. The number of nitrogens with zero attached hydrogens (tertiary/aromatic N) is 3. The van der Waals surface area contributed by atoms with E-state index in [9.17, 15) is 15.2 Å². The van der Waals surface area contributed by atoms with Gasteiger partial charge in [0.1, 0.15) is 23.4 Å². The molecule has 2 N–H and O–H groups in total. The zero-order valence-electron chi connectivity index (χ0n) is 14.6. The van der Waals surface area contributed by atoms with Crippen LogP contribution in [0, 0.1) is 35.5 Å². The van der Waals surface area contributed by atoms with E-state index in [-0.39, 0.29) is 18.0 Å². The number of nitriles is 2. The monoisotopic (exact) mass is 328 g/mol. The van der Waals surface area contributed by atoms with Gasteiger partial charge in [-0.3, -0.25) is 4.79 Å². The van der Waals surface area contributed by atoms with Crippen LogP contribution in [0.15, 0.2) is 11.6 Å². The third kappa shape index (κ3) is 4.47. The number of carbonyl (C=O) groups is 1. The lowest BCUT2D eigenvalue weighted by Crippen LogP contribution is -2.36. The van der Waals surface area contributed by atoms with Crippen molar-refractivity contribution in [1.29, 1.82) is 10.5 Å². The fraction of sp³-hybridized carbons (Fsp3) is 0.500. The van der Waals surface area contributed by atoms with Gasteiger partial charge in [0.05, 0.1) is 6.10 Å². The number of aliphatic hydroxyl groups excluding tert-OH is 1. The standard InChI is InChI=1S/C18H24N4O2/c1-5-13(6-2)17(23)11-21-18(24)15(9-19)7-14-8-16(10-20)22(4)12(14)3/h7-8,13,17,23H,5-6,11H2,1-4H3,(H,21,24)/b15-7+.